The number of carboxylic acids is 1. The van der Waals surface area contributed by atoms with E-state index in [4.69, 9.17) is 0 Å². The number of carboxylic acid groups (broad SMARTS) is 1. The predicted octanol–water partition coefficient (Wildman–Crippen LogP) is -0.0940. The molecule has 4 N–H and O–H groups in total. The molecule has 0 saturated carbocycles. The van der Waals surface area contributed by atoms with E-state index in [-0.39, 0.29) is 40.8 Å². The van der Waals surface area contributed by atoms with E-state index >= 15 is 0 Å². The summed E-state index contributed by atoms with van der Waals surface area (Å²) >= 11 is 1.49. The van der Waals surface area contributed by atoms with E-state index in [1.54, 1.807) is 14.0 Å². The first kappa shape index (κ1) is 19.9. The standard InChI is InChI=1S/C18H25N3O5S/c1-8-14-13(9(2)22)17(24)21(14)15(18(25)26)16(8)27-11-6-10(20-7-11)4-5-12(23)19-3/h4-5,8-11,13-14,20,22H,6-7H2,1-3H3,(H,19,23)(H,25,26)/t8-,9-,10-,11+,13-,14-/m1/s1. The number of amides is 2. The first-order valence-corrected chi connectivity index (χ1v) is 9.92. The Labute approximate surface area is 162 Å². The topological polar surface area (TPSA) is 119 Å². The van der Waals surface area contributed by atoms with E-state index in [0.29, 0.717) is 11.4 Å². The average molecular weight is 395 g/mol. The van der Waals surface area contributed by atoms with Crippen LogP contribution in [0.15, 0.2) is 22.8 Å². The Hall–Kier alpha value is -1.84. The molecule has 0 aromatic rings. The predicted molar refractivity (Wildman–Crippen MR) is 101 cm³/mol. The molecule has 3 aliphatic heterocycles. The van der Waals surface area contributed by atoms with Gasteiger partial charge in [0.05, 0.1) is 18.1 Å². The molecule has 3 aliphatic rings. The van der Waals surface area contributed by atoms with Gasteiger partial charge < -0.3 is 25.7 Å². The normalized spacial score (nSPS) is 34.0. The van der Waals surface area contributed by atoms with Crippen LogP contribution < -0.4 is 10.6 Å². The molecule has 0 aromatic heterocycles. The van der Waals surface area contributed by atoms with Crippen LogP contribution in [0.5, 0.6) is 0 Å². The van der Waals surface area contributed by atoms with Crippen molar-refractivity contribution in [3.63, 3.8) is 0 Å². The Morgan fingerprint density at radius 2 is 2.15 bits per heavy atom. The van der Waals surface area contributed by atoms with Crippen LogP contribution >= 0.6 is 11.8 Å². The summed E-state index contributed by atoms with van der Waals surface area (Å²) in [5.41, 5.74) is 0.0590. The number of aliphatic hydroxyl groups excluding tert-OH is 1. The molecule has 8 nitrogen and oxygen atoms in total. The summed E-state index contributed by atoms with van der Waals surface area (Å²) in [5.74, 6) is -2.26. The quantitative estimate of drug-likeness (QED) is 0.366. The second-order valence-corrected chi connectivity index (χ2v) is 8.58. The van der Waals surface area contributed by atoms with Gasteiger partial charge in [-0.15, -0.1) is 11.8 Å². The van der Waals surface area contributed by atoms with Crippen molar-refractivity contribution in [2.24, 2.45) is 11.8 Å². The third-order valence-electron chi connectivity index (χ3n) is 5.46. The van der Waals surface area contributed by atoms with Crippen molar-refractivity contribution < 1.29 is 24.6 Å². The van der Waals surface area contributed by atoms with Gasteiger partial charge in [-0.3, -0.25) is 9.59 Å². The van der Waals surface area contributed by atoms with Gasteiger partial charge in [0.1, 0.15) is 5.70 Å². The maximum Gasteiger partial charge on any atom is 0.353 e. The van der Waals surface area contributed by atoms with Crippen LogP contribution in [0.25, 0.3) is 0 Å². The zero-order valence-corrected chi connectivity index (χ0v) is 16.3. The second-order valence-electron chi connectivity index (χ2n) is 7.24. The van der Waals surface area contributed by atoms with Crippen LogP contribution in [-0.2, 0) is 14.4 Å². The van der Waals surface area contributed by atoms with Crippen molar-refractivity contribution in [1.29, 1.82) is 0 Å². The zero-order chi connectivity index (χ0) is 19.9. The Bertz CT molecular complexity index is 720. The van der Waals surface area contributed by atoms with E-state index in [2.05, 4.69) is 10.6 Å². The molecule has 9 heteroatoms. The lowest BCUT2D eigenvalue weighted by Gasteiger charge is -2.46. The van der Waals surface area contributed by atoms with Gasteiger partial charge in [-0.1, -0.05) is 13.0 Å². The Morgan fingerprint density at radius 3 is 2.74 bits per heavy atom. The minimum Gasteiger partial charge on any atom is -0.477 e. The number of rotatable bonds is 6. The highest BCUT2D eigenvalue weighted by molar-refractivity contribution is 8.03. The number of aliphatic hydroxyl groups is 1. The number of hydrogen-bond acceptors (Lipinski definition) is 6. The fraction of sp³-hybridized carbons (Fsp3) is 0.611. The van der Waals surface area contributed by atoms with Gasteiger partial charge >= 0.3 is 5.97 Å². The number of likely N-dealkylation sites (N-methyl/N-ethyl adjacent to an activating group) is 1. The number of fused-ring (bicyclic) bond motifs is 1. The lowest BCUT2D eigenvalue weighted by atomic mass is 9.79. The van der Waals surface area contributed by atoms with E-state index in [1.807, 2.05) is 13.0 Å². The van der Waals surface area contributed by atoms with Crippen molar-refractivity contribution in [1.82, 2.24) is 15.5 Å². The van der Waals surface area contributed by atoms with Gasteiger partial charge in [0.2, 0.25) is 11.8 Å². The second kappa shape index (κ2) is 7.65. The van der Waals surface area contributed by atoms with Crippen LogP contribution in [0.3, 0.4) is 0 Å². The van der Waals surface area contributed by atoms with Gasteiger partial charge in [-0.05, 0) is 13.3 Å². The van der Waals surface area contributed by atoms with Crippen LogP contribution in [0, 0.1) is 11.8 Å². The van der Waals surface area contributed by atoms with Gasteiger partial charge in [-0.2, -0.15) is 0 Å². The van der Waals surface area contributed by atoms with Crippen LogP contribution in [0.2, 0.25) is 0 Å². The lowest BCUT2D eigenvalue weighted by molar-refractivity contribution is -0.163. The third-order valence-corrected chi connectivity index (χ3v) is 6.97. The van der Waals surface area contributed by atoms with Crippen LogP contribution in [0.1, 0.15) is 20.3 Å². The van der Waals surface area contributed by atoms with Crippen LogP contribution in [-0.4, -0.2) is 69.9 Å². The minimum atomic E-state index is -1.11. The Morgan fingerprint density at radius 1 is 1.44 bits per heavy atom. The summed E-state index contributed by atoms with van der Waals surface area (Å²) in [6.07, 6.45) is 3.26. The van der Waals surface area contributed by atoms with Crippen molar-refractivity contribution in [2.45, 2.75) is 43.7 Å². The van der Waals surface area contributed by atoms with Crippen molar-refractivity contribution in [3.05, 3.63) is 22.8 Å². The van der Waals surface area contributed by atoms with E-state index in [9.17, 15) is 24.6 Å². The summed E-state index contributed by atoms with van der Waals surface area (Å²) in [6.45, 7) is 4.18. The molecule has 0 spiro atoms. The molecule has 2 saturated heterocycles. The van der Waals surface area contributed by atoms with Gasteiger partial charge in [0, 0.05) is 41.8 Å². The van der Waals surface area contributed by atoms with Crippen molar-refractivity contribution in [3.8, 4) is 0 Å². The number of carbonyl (C=O) groups is 3. The van der Waals surface area contributed by atoms with Gasteiger partial charge in [-0.25, -0.2) is 4.79 Å². The van der Waals surface area contributed by atoms with E-state index < -0.39 is 18.0 Å². The molecule has 148 valence electrons. The molecule has 0 aliphatic carbocycles. The summed E-state index contributed by atoms with van der Waals surface area (Å²) in [5, 5.41) is 25.5. The van der Waals surface area contributed by atoms with E-state index in [0.717, 1.165) is 6.42 Å². The molecule has 0 aromatic carbocycles. The number of nitrogens with one attached hydrogen (secondary N) is 2. The average Bonchev–Trinajstić information content (AvgIpc) is 3.14. The highest BCUT2D eigenvalue weighted by Crippen LogP contribution is 2.51. The fourth-order valence-corrected chi connectivity index (χ4v) is 5.61. The number of hydrogen-bond donors (Lipinski definition) is 4. The number of carbonyl (C=O) groups excluding carboxylic acids is 2. The molecular weight excluding hydrogens is 370 g/mol. The Balaban J connectivity index is 1.73. The molecule has 3 rings (SSSR count). The zero-order valence-electron chi connectivity index (χ0n) is 15.5. The first-order valence-electron chi connectivity index (χ1n) is 9.04. The first-order chi connectivity index (χ1) is 12.8. The molecular formula is C18H25N3O5S. The summed E-state index contributed by atoms with van der Waals surface area (Å²) in [4.78, 5) is 37.5. The SMILES string of the molecule is CNC(=O)C=C[C@@H]1C[C@H](SC2=C(C(=O)O)N3C(=O)[C@H]([C@@H](C)O)[C@H]3[C@H]2C)CN1. The summed E-state index contributed by atoms with van der Waals surface area (Å²) in [7, 11) is 1.57. The maximum absolute atomic E-state index is 12.4. The van der Waals surface area contributed by atoms with Crippen molar-refractivity contribution in [2.75, 3.05) is 13.6 Å². The molecule has 27 heavy (non-hydrogen) atoms. The minimum absolute atomic E-state index is 0.0502. The molecule has 2 fully saturated rings. The van der Waals surface area contributed by atoms with Gasteiger partial charge in [0.15, 0.2) is 0 Å². The third kappa shape index (κ3) is 3.51. The number of thioether (sulfide) groups is 1. The largest absolute Gasteiger partial charge is 0.477 e. The summed E-state index contributed by atoms with van der Waals surface area (Å²) in [6, 6.07) is -0.237. The number of nitrogens with zero attached hydrogens (tertiary/aromatic N) is 1. The molecule has 3 heterocycles. The maximum atomic E-state index is 12.4. The van der Waals surface area contributed by atoms with Crippen LogP contribution in [0.4, 0.5) is 0 Å². The summed E-state index contributed by atoms with van der Waals surface area (Å²) < 4.78 is 0. The lowest BCUT2D eigenvalue weighted by Crippen LogP contribution is -2.63. The molecule has 0 bridgehead atoms. The smallest absolute Gasteiger partial charge is 0.353 e. The number of aliphatic carboxylic acids is 1. The molecule has 2 amide bonds. The van der Waals surface area contributed by atoms with Crippen molar-refractivity contribution >= 4 is 29.5 Å². The fourth-order valence-electron chi connectivity index (χ4n) is 4.11. The monoisotopic (exact) mass is 395 g/mol. The van der Waals surface area contributed by atoms with Gasteiger partial charge in [0.25, 0.3) is 0 Å². The Kier molecular flexibility index (Phi) is 5.64. The van der Waals surface area contributed by atoms with E-state index in [1.165, 1.54) is 22.7 Å². The highest BCUT2D eigenvalue weighted by Gasteiger charge is 2.60. The highest BCUT2D eigenvalue weighted by atomic mass is 32.2. The molecule has 6 atom stereocenters. The molecule has 0 radical (unpaired) electrons. The number of β-lactam (4-membered cyclic amide) rings is 1. The molecule has 0 unspecified atom stereocenters.